The molecule has 2 heteroatoms. The van der Waals surface area contributed by atoms with Crippen LogP contribution in [0.4, 0.5) is 0 Å². The summed E-state index contributed by atoms with van der Waals surface area (Å²) in [5.41, 5.74) is 5.85. The monoisotopic (exact) mass is 398 g/mol. The van der Waals surface area contributed by atoms with Gasteiger partial charge in [0, 0.05) is 16.5 Å². The lowest BCUT2D eigenvalue weighted by Crippen LogP contribution is -2.40. The van der Waals surface area contributed by atoms with Crippen molar-refractivity contribution < 1.29 is 4.74 Å². The highest BCUT2D eigenvalue weighted by atomic mass is 28.3. The average Bonchev–Trinajstić information content (AvgIpc) is 3.03. The van der Waals surface area contributed by atoms with E-state index in [0.29, 0.717) is 10.6 Å². The van der Waals surface area contributed by atoms with Crippen LogP contribution in [0.1, 0.15) is 72.1 Å². The predicted molar refractivity (Wildman–Crippen MR) is 128 cm³/mol. The molecule has 0 amide bonds. The zero-order valence-electron chi connectivity index (χ0n) is 20.4. The number of rotatable bonds is 4. The van der Waals surface area contributed by atoms with Crippen molar-refractivity contribution in [2.75, 3.05) is 7.11 Å². The molecule has 1 unspecified atom stereocenters. The van der Waals surface area contributed by atoms with Gasteiger partial charge in [0.15, 0.2) is 0 Å². The van der Waals surface area contributed by atoms with Gasteiger partial charge in [-0.2, -0.15) is 0 Å². The number of allylic oxidation sites excluding steroid dienone is 4. The van der Waals surface area contributed by atoms with Crippen LogP contribution in [0.5, 0.6) is 5.75 Å². The minimum absolute atomic E-state index is 0.0474. The summed E-state index contributed by atoms with van der Waals surface area (Å²) in [6, 6.07) is 4.61. The summed E-state index contributed by atoms with van der Waals surface area (Å²) in [4.78, 5) is 0. The second-order valence-corrected chi connectivity index (χ2v) is 17.4. The van der Waals surface area contributed by atoms with Gasteiger partial charge in [-0.1, -0.05) is 104 Å². The maximum Gasteiger partial charge on any atom is 0.126 e. The van der Waals surface area contributed by atoms with Crippen LogP contribution in [-0.2, 0) is 10.8 Å². The Morgan fingerprint density at radius 3 is 1.89 bits per heavy atom. The Hall–Kier alpha value is -1.28. The van der Waals surface area contributed by atoms with Crippen LogP contribution in [0.25, 0.3) is 0 Å². The average molecular weight is 399 g/mol. The largest absolute Gasteiger partial charge is 0.496 e. The Bertz CT molecular complexity index is 795. The molecule has 28 heavy (non-hydrogen) atoms. The van der Waals surface area contributed by atoms with Gasteiger partial charge in [-0.3, -0.25) is 0 Å². The molecule has 0 fully saturated rings. The van der Waals surface area contributed by atoms with Gasteiger partial charge in [0.25, 0.3) is 0 Å². The summed E-state index contributed by atoms with van der Waals surface area (Å²) in [6.45, 7) is 26.0. The third kappa shape index (κ3) is 4.03. The van der Waals surface area contributed by atoms with Crippen molar-refractivity contribution in [3.05, 3.63) is 52.6 Å². The van der Waals surface area contributed by atoms with Gasteiger partial charge in [0.05, 0.1) is 15.2 Å². The van der Waals surface area contributed by atoms with Crippen LogP contribution in [0.3, 0.4) is 0 Å². The zero-order valence-corrected chi connectivity index (χ0v) is 21.4. The molecule has 0 aromatic heterocycles. The van der Waals surface area contributed by atoms with Crippen LogP contribution >= 0.6 is 0 Å². The maximum absolute atomic E-state index is 6.01. The molecular weight excluding hydrogens is 356 g/mol. The Kier molecular flexibility index (Phi) is 5.91. The third-order valence-corrected chi connectivity index (χ3v) is 13.1. The van der Waals surface area contributed by atoms with E-state index in [-0.39, 0.29) is 10.8 Å². The van der Waals surface area contributed by atoms with Gasteiger partial charge >= 0.3 is 0 Å². The SMILES string of the molecule is COc1c(C(C)(C)C)cc(C)cc1C(C)(C)C1=CC([Si](C)(C)C(C)(C)C)C=C1. The minimum atomic E-state index is -1.46. The topological polar surface area (TPSA) is 9.23 Å². The van der Waals surface area contributed by atoms with Gasteiger partial charge in [-0.15, -0.1) is 0 Å². The Morgan fingerprint density at radius 2 is 1.43 bits per heavy atom. The molecule has 0 bridgehead atoms. The van der Waals surface area contributed by atoms with Gasteiger partial charge in [-0.25, -0.2) is 0 Å². The molecule has 0 spiro atoms. The first-order valence-corrected chi connectivity index (χ1v) is 13.7. The van der Waals surface area contributed by atoms with Gasteiger partial charge in [0.1, 0.15) is 5.75 Å². The van der Waals surface area contributed by atoms with E-state index in [1.54, 1.807) is 0 Å². The molecule has 2 rings (SSSR count). The summed E-state index contributed by atoms with van der Waals surface area (Å²) in [7, 11) is 0.355. The van der Waals surface area contributed by atoms with E-state index in [1.165, 1.54) is 22.3 Å². The number of hydrogen-bond donors (Lipinski definition) is 0. The molecule has 0 aliphatic heterocycles. The van der Waals surface area contributed by atoms with Crippen LogP contribution < -0.4 is 4.74 Å². The van der Waals surface area contributed by atoms with Crippen LogP contribution in [0.2, 0.25) is 23.7 Å². The molecule has 0 saturated carbocycles. The summed E-state index contributed by atoms with van der Waals surface area (Å²) in [5, 5.41) is 0.374. The van der Waals surface area contributed by atoms with E-state index >= 15 is 0 Å². The third-order valence-electron chi connectivity index (χ3n) is 7.25. The van der Waals surface area contributed by atoms with Gasteiger partial charge < -0.3 is 4.74 Å². The normalized spacial score (nSPS) is 18.4. The molecule has 0 N–H and O–H groups in total. The van der Waals surface area contributed by atoms with Gasteiger partial charge in [0.2, 0.25) is 0 Å². The second-order valence-electron chi connectivity index (χ2n) is 11.7. The van der Waals surface area contributed by atoms with Crippen molar-refractivity contribution >= 4 is 8.07 Å². The first-order valence-electron chi connectivity index (χ1n) is 10.6. The summed E-state index contributed by atoms with van der Waals surface area (Å²) >= 11 is 0. The smallest absolute Gasteiger partial charge is 0.126 e. The Labute approximate surface area is 175 Å². The fourth-order valence-corrected chi connectivity index (χ4v) is 6.22. The zero-order chi connectivity index (χ0) is 21.7. The van der Waals surface area contributed by atoms with Crippen LogP contribution in [-0.4, -0.2) is 15.2 Å². The molecular formula is C26H42OSi. The summed E-state index contributed by atoms with van der Waals surface area (Å²) in [6.07, 6.45) is 7.39. The van der Waals surface area contributed by atoms with Crippen molar-refractivity contribution in [2.45, 2.75) is 96.8 Å². The molecule has 1 aliphatic carbocycles. The van der Waals surface area contributed by atoms with Gasteiger partial charge in [-0.05, 0) is 28.5 Å². The van der Waals surface area contributed by atoms with Crippen LogP contribution in [0.15, 0.2) is 35.9 Å². The molecule has 1 aromatic rings. The number of methoxy groups -OCH3 is 1. The van der Waals surface area contributed by atoms with E-state index in [0.717, 1.165) is 5.75 Å². The van der Waals surface area contributed by atoms with Crippen molar-refractivity contribution in [1.29, 1.82) is 0 Å². The number of hydrogen-bond acceptors (Lipinski definition) is 1. The van der Waals surface area contributed by atoms with Crippen molar-refractivity contribution in [3.63, 3.8) is 0 Å². The number of aryl methyl sites for hydroxylation is 1. The van der Waals surface area contributed by atoms with E-state index in [9.17, 15) is 0 Å². The van der Waals surface area contributed by atoms with Crippen molar-refractivity contribution in [1.82, 2.24) is 0 Å². The highest BCUT2D eigenvalue weighted by Crippen LogP contribution is 2.50. The molecule has 1 nitrogen and oxygen atoms in total. The molecule has 0 heterocycles. The second kappa shape index (κ2) is 7.20. The lowest BCUT2D eigenvalue weighted by molar-refractivity contribution is 0.384. The number of ether oxygens (including phenoxy) is 1. The fourth-order valence-electron chi connectivity index (χ4n) is 4.05. The molecule has 1 atom stereocenters. The summed E-state index contributed by atoms with van der Waals surface area (Å²) in [5.74, 6) is 1.05. The standard InChI is InChI=1S/C26H42OSi/c1-18-15-21(24(2,3)4)23(27-10)22(16-18)26(8,9)19-13-14-20(17-19)28(11,12)25(5,6)7/h13-17,20H,1-12H3. The van der Waals surface area contributed by atoms with E-state index in [1.807, 2.05) is 7.11 Å². The quantitative estimate of drug-likeness (QED) is 0.467. The molecule has 1 aromatic carbocycles. The lowest BCUT2D eigenvalue weighted by atomic mass is 9.74. The molecule has 1 aliphatic rings. The molecule has 156 valence electrons. The Balaban J connectivity index is 2.59. The molecule has 0 radical (unpaired) electrons. The van der Waals surface area contributed by atoms with E-state index in [4.69, 9.17) is 4.74 Å². The summed E-state index contributed by atoms with van der Waals surface area (Å²) < 4.78 is 6.01. The molecule has 0 saturated heterocycles. The highest BCUT2D eigenvalue weighted by molar-refractivity contribution is 6.82. The fraction of sp³-hybridized carbons (Fsp3) is 0.615. The van der Waals surface area contributed by atoms with Crippen molar-refractivity contribution in [2.24, 2.45) is 0 Å². The van der Waals surface area contributed by atoms with E-state index in [2.05, 4.69) is 106 Å². The Morgan fingerprint density at radius 1 is 0.893 bits per heavy atom. The van der Waals surface area contributed by atoms with E-state index < -0.39 is 8.07 Å². The predicted octanol–water partition coefficient (Wildman–Crippen LogP) is 7.95. The minimum Gasteiger partial charge on any atom is -0.496 e. The maximum atomic E-state index is 6.01. The highest BCUT2D eigenvalue weighted by Gasteiger charge is 2.43. The van der Waals surface area contributed by atoms with Crippen molar-refractivity contribution in [3.8, 4) is 5.75 Å². The first kappa shape index (κ1) is 23.0. The van der Waals surface area contributed by atoms with Crippen LogP contribution in [0, 0.1) is 6.92 Å². The number of benzene rings is 1. The first-order chi connectivity index (χ1) is 12.5. The lowest BCUT2D eigenvalue weighted by Gasteiger charge is -2.40.